The third-order valence-electron chi connectivity index (χ3n) is 4.27. The van der Waals surface area contributed by atoms with Crippen LogP contribution in [0.4, 0.5) is 22.7 Å². The van der Waals surface area contributed by atoms with Crippen molar-refractivity contribution in [1.29, 1.82) is 0 Å². The molecule has 4 aromatic carbocycles. The number of anilines is 4. The molecule has 128 valence electrons. The molecular formula is C22H18N2O2. The quantitative estimate of drug-likeness (QED) is 0.357. The van der Waals surface area contributed by atoms with Crippen LogP contribution in [0.3, 0.4) is 0 Å². The van der Waals surface area contributed by atoms with E-state index >= 15 is 0 Å². The molecule has 4 N–H and O–H groups in total. The van der Waals surface area contributed by atoms with Gasteiger partial charge in [0.15, 0.2) is 0 Å². The molecule has 0 heterocycles. The second-order valence-electron chi connectivity index (χ2n) is 5.99. The first-order chi connectivity index (χ1) is 12.7. The number of aromatic hydroxyl groups is 2. The van der Waals surface area contributed by atoms with Crippen LogP contribution in [0.15, 0.2) is 84.9 Å². The molecule has 0 fully saturated rings. The van der Waals surface area contributed by atoms with Gasteiger partial charge in [-0.1, -0.05) is 48.5 Å². The summed E-state index contributed by atoms with van der Waals surface area (Å²) in [5.41, 5.74) is 3.09. The number of nitrogens with one attached hydrogen (secondary N) is 2. The molecule has 4 nitrogen and oxygen atoms in total. The van der Waals surface area contributed by atoms with E-state index in [0.717, 1.165) is 22.1 Å². The van der Waals surface area contributed by atoms with Crippen molar-refractivity contribution in [1.82, 2.24) is 0 Å². The van der Waals surface area contributed by atoms with Gasteiger partial charge in [-0.2, -0.15) is 0 Å². The minimum Gasteiger partial charge on any atom is -0.506 e. The molecule has 4 aromatic rings. The number of benzene rings is 4. The Balaban J connectivity index is 1.76. The molecular weight excluding hydrogens is 324 g/mol. The molecule has 0 aliphatic carbocycles. The van der Waals surface area contributed by atoms with Crippen LogP contribution in [0.2, 0.25) is 0 Å². The van der Waals surface area contributed by atoms with Gasteiger partial charge in [-0.15, -0.1) is 0 Å². The second-order valence-corrected chi connectivity index (χ2v) is 5.99. The Hall–Kier alpha value is -3.66. The summed E-state index contributed by atoms with van der Waals surface area (Å²) in [6.45, 7) is 0. The molecule has 4 heteroatoms. The average molecular weight is 342 g/mol. The highest BCUT2D eigenvalue weighted by Crippen LogP contribution is 2.35. The maximum atomic E-state index is 10.0. The molecule has 0 amide bonds. The first-order valence-electron chi connectivity index (χ1n) is 8.34. The smallest absolute Gasteiger partial charge is 0.139 e. The highest BCUT2D eigenvalue weighted by molar-refractivity contribution is 6.03. The summed E-state index contributed by atoms with van der Waals surface area (Å²) in [5.74, 6) is 0.404. The molecule has 0 unspecified atom stereocenters. The zero-order chi connectivity index (χ0) is 17.9. The highest BCUT2D eigenvalue weighted by atomic mass is 16.3. The van der Waals surface area contributed by atoms with Crippen molar-refractivity contribution in [2.75, 3.05) is 10.6 Å². The van der Waals surface area contributed by atoms with Crippen molar-refractivity contribution in [3.8, 4) is 11.5 Å². The molecule has 0 saturated carbocycles. The topological polar surface area (TPSA) is 64.5 Å². The van der Waals surface area contributed by atoms with Gasteiger partial charge in [-0.3, -0.25) is 0 Å². The van der Waals surface area contributed by atoms with E-state index in [1.807, 2.05) is 60.7 Å². The van der Waals surface area contributed by atoms with Gasteiger partial charge in [0.25, 0.3) is 0 Å². The monoisotopic (exact) mass is 342 g/mol. The molecule has 0 saturated heterocycles. The Kier molecular flexibility index (Phi) is 4.07. The van der Waals surface area contributed by atoms with E-state index in [0.29, 0.717) is 11.4 Å². The number of phenolic OH excluding ortho intramolecular Hbond substituents is 2. The van der Waals surface area contributed by atoms with E-state index in [1.54, 1.807) is 24.3 Å². The van der Waals surface area contributed by atoms with Crippen LogP contribution in [0, 0.1) is 0 Å². The van der Waals surface area contributed by atoms with Crippen molar-refractivity contribution >= 4 is 33.5 Å². The number of hydrogen-bond donors (Lipinski definition) is 4. The van der Waals surface area contributed by atoms with Crippen LogP contribution >= 0.6 is 0 Å². The summed E-state index contributed by atoms with van der Waals surface area (Å²) >= 11 is 0. The number of rotatable bonds is 4. The van der Waals surface area contributed by atoms with Gasteiger partial charge in [-0.05, 0) is 36.4 Å². The number of fused-ring (bicyclic) bond motifs is 1. The largest absolute Gasteiger partial charge is 0.506 e. The third kappa shape index (κ3) is 3.00. The van der Waals surface area contributed by atoms with Crippen LogP contribution in [0.5, 0.6) is 11.5 Å². The molecule has 0 radical (unpaired) electrons. The van der Waals surface area contributed by atoms with Gasteiger partial charge in [0, 0.05) is 22.1 Å². The predicted molar refractivity (Wildman–Crippen MR) is 107 cm³/mol. The molecule has 0 bridgehead atoms. The Labute approximate surface area is 151 Å². The summed E-state index contributed by atoms with van der Waals surface area (Å²) in [6.07, 6.45) is 0. The van der Waals surface area contributed by atoms with Crippen LogP contribution < -0.4 is 10.6 Å². The lowest BCUT2D eigenvalue weighted by Gasteiger charge is -2.15. The summed E-state index contributed by atoms with van der Waals surface area (Å²) < 4.78 is 0. The summed E-state index contributed by atoms with van der Waals surface area (Å²) in [7, 11) is 0. The molecule has 0 aromatic heterocycles. The minimum absolute atomic E-state index is 0.202. The molecule has 0 aliphatic heterocycles. The van der Waals surface area contributed by atoms with Gasteiger partial charge in [0.05, 0.1) is 11.4 Å². The Morgan fingerprint density at radius 3 is 1.23 bits per heavy atom. The fourth-order valence-electron chi connectivity index (χ4n) is 2.98. The Morgan fingerprint density at radius 2 is 0.808 bits per heavy atom. The van der Waals surface area contributed by atoms with Gasteiger partial charge in [-0.25, -0.2) is 0 Å². The van der Waals surface area contributed by atoms with E-state index in [9.17, 15) is 10.2 Å². The maximum Gasteiger partial charge on any atom is 0.139 e. The molecule has 0 spiro atoms. The zero-order valence-electron chi connectivity index (χ0n) is 14.0. The molecule has 4 rings (SSSR count). The SMILES string of the molecule is Oc1ccccc1Nc1cccc2c(Nc3ccccc3O)cccc12. The van der Waals surface area contributed by atoms with Crippen LogP contribution in [-0.4, -0.2) is 10.2 Å². The summed E-state index contributed by atoms with van der Waals surface area (Å²) in [4.78, 5) is 0. The highest BCUT2D eigenvalue weighted by Gasteiger charge is 2.08. The van der Waals surface area contributed by atoms with Gasteiger partial charge in [0.2, 0.25) is 0 Å². The van der Waals surface area contributed by atoms with Crippen molar-refractivity contribution in [3.63, 3.8) is 0 Å². The van der Waals surface area contributed by atoms with E-state index in [2.05, 4.69) is 10.6 Å². The van der Waals surface area contributed by atoms with Crippen molar-refractivity contribution in [2.24, 2.45) is 0 Å². The maximum absolute atomic E-state index is 10.0. The van der Waals surface area contributed by atoms with Crippen molar-refractivity contribution in [2.45, 2.75) is 0 Å². The fourth-order valence-corrected chi connectivity index (χ4v) is 2.98. The van der Waals surface area contributed by atoms with E-state index < -0.39 is 0 Å². The lowest BCUT2D eigenvalue weighted by atomic mass is 10.1. The molecule has 0 atom stereocenters. The minimum atomic E-state index is 0.202. The van der Waals surface area contributed by atoms with E-state index in [1.165, 1.54) is 0 Å². The second kappa shape index (κ2) is 6.69. The lowest BCUT2D eigenvalue weighted by Crippen LogP contribution is -1.95. The Morgan fingerprint density at radius 1 is 0.423 bits per heavy atom. The fraction of sp³-hybridized carbons (Fsp3) is 0. The van der Waals surface area contributed by atoms with Gasteiger partial charge < -0.3 is 20.8 Å². The van der Waals surface area contributed by atoms with Gasteiger partial charge in [0.1, 0.15) is 11.5 Å². The number of phenols is 2. The van der Waals surface area contributed by atoms with Crippen molar-refractivity contribution in [3.05, 3.63) is 84.9 Å². The zero-order valence-corrected chi connectivity index (χ0v) is 14.0. The standard InChI is InChI=1S/C22H18N2O2/c25-21-13-3-1-9-19(21)23-17-11-5-8-16-15(17)7-6-12-18(16)24-20-10-2-4-14-22(20)26/h1-14,23-26H. The normalized spacial score (nSPS) is 10.6. The third-order valence-corrected chi connectivity index (χ3v) is 4.27. The van der Waals surface area contributed by atoms with Crippen LogP contribution in [-0.2, 0) is 0 Å². The number of para-hydroxylation sites is 4. The number of hydrogen-bond acceptors (Lipinski definition) is 4. The molecule has 26 heavy (non-hydrogen) atoms. The summed E-state index contributed by atoms with van der Waals surface area (Å²) in [6, 6.07) is 26.2. The molecule has 0 aliphatic rings. The predicted octanol–water partition coefficient (Wildman–Crippen LogP) is 5.74. The van der Waals surface area contributed by atoms with Crippen molar-refractivity contribution < 1.29 is 10.2 Å². The Bertz CT molecular complexity index is 990. The van der Waals surface area contributed by atoms with Crippen LogP contribution in [0.1, 0.15) is 0 Å². The first-order valence-corrected chi connectivity index (χ1v) is 8.34. The van der Waals surface area contributed by atoms with E-state index in [-0.39, 0.29) is 11.5 Å². The van der Waals surface area contributed by atoms with Gasteiger partial charge >= 0.3 is 0 Å². The lowest BCUT2D eigenvalue weighted by molar-refractivity contribution is 0.477. The summed E-state index contributed by atoms with van der Waals surface area (Å²) in [5, 5.41) is 28.6. The first kappa shape index (κ1) is 15.8. The van der Waals surface area contributed by atoms with E-state index in [4.69, 9.17) is 0 Å². The average Bonchev–Trinajstić information content (AvgIpc) is 2.66. The van der Waals surface area contributed by atoms with Crippen LogP contribution in [0.25, 0.3) is 10.8 Å².